The van der Waals surface area contributed by atoms with Gasteiger partial charge in [-0.25, -0.2) is 17.1 Å². The van der Waals surface area contributed by atoms with Gasteiger partial charge in [0.2, 0.25) is 10.0 Å². The van der Waals surface area contributed by atoms with Crippen molar-refractivity contribution < 1.29 is 31.9 Å². The van der Waals surface area contributed by atoms with Gasteiger partial charge in [0.25, 0.3) is 5.91 Å². The molecule has 1 unspecified atom stereocenters. The van der Waals surface area contributed by atoms with Crippen molar-refractivity contribution >= 4 is 27.6 Å². The van der Waals surface area contributed by atoms with E-state index in [-0.39, 0.29) is 24.3 Å². The van der Waals surface area contributed by atoms with Gasteiger partial charge in [0.1, 0.15) is 11.6 Å². The summed E-state index contributed by atoms with van der Waals surface area (Å²) in [5.74, 6) is -0.961. The molecule has 32 heavy (non-hydrogen) atoms. The summed E-state index contributed by atoms with van der Waals surface area (Å²) in [6, 6.07) is 11.3. The molecule has 0 aliphatic rings. The van der Waals surface area contributed by atoms with Crippen LogP contribution in [0.5, 0.6) is 5.75 Å². The van der Waals surface area contributed by atoms with Crippen molar-refractivity contribution in [3.05, 3.63) is 54.3 Å². The summed E-state index contributed by atoms with van der Waals surface area (Å²) in [4.78, 5) is 24.2. The molecule has 2 aromatic carbocycles. The lowest BCUT2D eigenvalue weighted by Crippen LogP contribution is -2.31. The van der Waals surface area contributed by atoms with Crippen molar-refractivity contribution in [1.82, 2.24) is 4.31 Å². The van der Waals surface area contributed by atoms with Crippen molar-refractivity contribution in [2.45, 2.75) is 37.7 Å². The van der Waals surface area contributed by atoms with Crippen molar-refractivity contribution in [2.24, 2.45) is 0 Å². The molecule has 1 amide bonds. The highest BCUT2D eigenvalue weighted by Gasteiger charge is 2.22. The van der Waals surface area contributed by atoms with E-state index in [1.54, 1.807) is 24.3 Å². The SMILES string of the molecule is CCOc1ccc(NC(=O)C(C)OC(=O)CCCN(C)S(=O)(=O)c2ccc(F)cc2)cc1. The van der Waals surface area contributed by atoms with E-state index in [0.29, 0.717) is 18.0 Å². The number of carbonyl (C=O) groups is 2. The van der Waals surface area contributed by atoms with E-state index in [9.17, 15) is 22.4 Å². The van der Waals surface area contributed by atoms with Crippen LogP contribution in [0, 0.1) is 5.82 Å². The number of carbonyl (C=O) groups excluding carboxylic acids is 2. The normalized spacial score (nSPS) is 12.3. The summed E-state index contributed by atoms with van der Waals surface area (Å²) in [6.07, 6.45) is -0.887. The van der Waals surface area contributed by atoms with Crippen LogP contribution in [-0.4, -0.2) is 50.9 Å². The first-order chi connectivity index (χ1) is 15.1. The molecule has 10 heteroatoms. The first-order valence-corrected chi connectivity index (χ1v) is 11.5. The lowest BCUT2D eigenvalue weighted by Gasteiger charge is -2.17. The smallest absolute Gasteiger partial charge is 0.306 e. The molecule has 2 rings (SSSR count). The summed E-state index contributed by atoms with van der Waals surface area (Å²) < 4.78 is 49.4. The number of halogens is 1. The molecule has 0 spiro atoms. The lowest BCUT2D eigenvalue weighted by atomic mass is 10.2. The molecule has 0 fully saturated rings. The minimum Gasteiger partial charge on any atom is -0.494 e. The van der Waals surface area contributed by atoms with Gasteiger partial charge < -0.3 is 14.8 Å². The average Bonchev–Trinajstić information content (AvgIpc) is 2.75. The number of benzene rings is 2. The Morgan fingerprint density at radius 3 is 2.31 bits per heavy atom. The molecule has 0 aliphatic heterocycles. The largest absolute Gasteiger partial charge is 0.494 e. The highest BCUT2D eigenvalue weighted by molar-refractivity contribution is 7.89. The zero-order valence-electron chi connectivity index (χ0n) is 18.2. The second-order valence-electron chi connectivity index (χ2n) is 6.96. The van der Waals surface area contributed by atoms with E-state index in [4.69, 9.17) is 9.47 Å². The monoisotopic (exact) mass is 466 g/mol. The van der Waals surface area contributed by atoms with Crippen molar-refractivity contribution in [3.8, 4) is 5.75 Å². The number of nitrogens with zero attached hydrogens (tertiary/aromatic N) is 1. The number of esters is 1. The number of ether oxygens (including phenoxy) is 2. The van der Waals surface area contributed by atoms with E-state index in [0.717, 1.165) is 16.4 Å². The van der Waals surface area contributed by atoms with Gasteiger partial charge in [-0.2, -0.15) is 0 Å². The number of hydrogen-bond acceptors (Lipinski definition) is 6. The van der Waals surface area contributed by atoms with Crippen LogP contribution in [-0.2, 0) is 24.3 Å². The quantitative estimate of drug-likeness (QED) is 0.511. The Labute approximate surface area is 187 Å². The highest BCUT2D eigenvalue weighted by atomic mass is 32.2. The molecule has 0 aliphatic carbocycles. The molecule has 174 valence electrons. The summed E-state index contributed by atoms with van der Waals surface area (Å²) >= 11 is 0. The summed E-state index contributed by atoms with van der Waals surface area (Å²) in [6.45, 7) is 3.91. The fraction of sp³-hybridized carbons (Fsp3) is 0.364. The van der Waals surface area contributed by atoms with Gasteiger partial charge in [-0.1, -0.05) is 0 Å². The molecule has 2 aromatic rings. The standard InChI is InChI=1S/C22H27FN2O6S/c1-4-30-19-11-9-18(10-12-19)24-22(27)16(2)31-21(26)6-5-15-25(3)32(28,29)20-13-7-17(23)8-14-20/h7-14,16H,4-6,15H2,1-3H3,(H,24,27). The first kappa shape index (κ1) is 25.3. The molecule has 1 atom stereocenters. The average molecular weight is 467 g/mol. The third-order valence-corrected chi connectivity index (χ3v) is 6.36. The lowest BCUT2D eigenvalue weighted by molar-refractivity contribution is -0.153. The molecule has 0 saturated heterocycles. The van der Waals surface area contributed by atoms with Gasteiger partial charge in [-0.15, -0.1) is 0 Å². The van der Waals surface area contributed by atoms with Crippen LogP contribution >= 0.6 is 0 Å². The maximum atomic E-state index is 13.0. The molecule has 0 bridgehead atoms. The molecular formula is C22H27FN2O6S. The fourth-order valence-electron chi connectivity index (χ4n) is 2.71. The van der Waals surface area contributed by atoms with Gasteiger partial charge in [0.15, 0.2) is 6.10 Å². The number of sulfonamides is 1. The van der Waals surface area contributed by atoms with E-state index in [1.807, 2.05) is 6.92 Å². The number of hydrogen-bond donors (Lipinski definition) is 1. The Bertz CT molecular complexity index is 1010. The first-order valence-electron chi connectivity index (χ1n) is 10.1. The molecule has 1 N–H and O–H groups in total. The molecule has 8 nitrogen and oxygen atoms in total. The summed E-state index contributed by atoms with van der Waals surface area (Å²) in [5.41, 5.74) is 0.536. The van der Waals surface area contributed by atoms with E-state index in [1.165, 1.54) is 26.1 Å². The number of rotatable bonds is 11. The van der Waals surface area contributed by atoms with Crippen LogP contribution in [0.1, 0.15) is 26.7 Å². The van der Waals surface area contributed by atoms with Gasteiger partial charge in [-0.05, 0) is 68.8 Å². The Hall–Kier alpha value is -2.98. The van der Waals surface area contributed by atoms with Crippen molar-refractivity contribution in [2.75, 3.05) is 25.5 Å². The van der Waals surface area contributed by atoms with Gasteiger partial charge >= 0.3 is 5.97 Å². The van der Waals surface area contributed by atoms with Gasteiger partial charge in [-0.3, -0.25) is 9.59 Å². The van der Waals surface area contributed by atoms with Crippen LogP contribution in [0.3, 0.4) is 0 Å². The Morgan fingerprint density at radius 1 is 1.09 bits per heavy atom. The second kappa shape index (κ2) is 11.6. The number of anilines is 1. The minimum atomic E-state index is -3.79. The number of nitrogens with one attached hydrogen (secondary N) is 1. The van der Waals surface area contributed by atoms with Crippen LogP contribution in [0.4, 0.5) is 10.1 Å². The van der Waals surface area contributed by atoms with E-state index in [2.05, 4.69) is 5.32 Å². The number of amides is 1. The Balaban J connectivity index is 1.77. The minimum absolute atomic E-state index is 0.0384. The van der Waals surface area contributed by atoms with Gasteiger partial charge in [0.05, 0.1) is 11.5 Å². The Morgan fingerprint density at radius 2 is 1.72 bits per heavy atom. The van der Waals surface area contributed by atoms with E-state index < -0.39 is 33.8 Å². The fourth-order valence-corrected chi connectivity index (χ4v) is 3.92. The van der Waals surface area contributed by atoms with Crippen molar-refractivity contribution in [1.29, 1.82) is 0 Å². The predicted octanol–water partition coefficient (Wildman–Crippen LogP) is 3.20. The molecule has 0 saturated carbocycles. The predicted molar refractivity (Wildman–Crippen MR) is 117 cm³/mol. The zero-order chi connectivity index (χ0) is 23.7. The van der Waals surface area contributed by atoms with Crippen LogP contribution < -0.4 is 10.1 Å². The van der Waals surface area contributed by atoms with Gasteiger partial charge in [0, 0.05) is 25.7 Å². The molecule has 0 radical (unpaired) electrons. The summed E-state index contributed by atoms with van der Waals surface area (Å²) in [7, 11) is -2.42. The Kier molecular flexibility index (Phi) is 9.15. The third-order valence-electron chi connectivity index (χ3n) is 4.49. The van der Waals surface area contributed by atoms with E-state index >= 15 is 0 Å². The van der Waals surface area contributed by atoms with Crippen LogP contribution in [0.15, 0.2) is 53.4 Å². The zero-order valence-corrected chi connectivity index (χ0v) is 19.0. The molecule has 0 aromatic heterocycles. The highest BCUT2D eigenvalue weighted by Crippen LogP contribution is 2.17. The topological polar surface area (TPSA) is 102 Å². The maximum absolute atomic E-state index is 13.0. The second-order valence-corrected chi connectivity index (χ2v) is 9.01. The van der Waals surface area contributed by atoms with Crippen molar-refractivity contribution in [3.63, 3.8) is 0 Å². The third kappa shape index (κ3) is 7.31. The van der Waals surface area contributed by atoms with Crippen LogP contribution in [0.25, 0.3) is 0 Å². The summed E-state index contributed by atoms with van der Waals surface area (Å²) in [5, 5.41) is 2.65. The maximum Gasteiger partial charge on any atom is 0.306 e. The molecular weight excluding hydrogens is 439 g/mol. The van der Waals surface area contributed by atoms with Crippen LogP contribution in [0.2, 0.25) is 0 Å². The molecule has 0 heterocycles.